The molecule has 0 amide bonds. The fraction of sp³-hybridized carbons (Fsp3) is 0.333. The highest BCUT2D eigenvalue weighted by atomic mass is 19.1. The molecule has 0 radical (unpaired) electrons. The Labute approximate surface area is 147 Å². The van der Waals surface area contributed by atoms with Gasteiger partial charge in [0.05, 0.1) is 22.6 Å². The van der Waals surface area contributed by atoms with E-state index in [0.29, 0.717) is 36.4 Å². The van der Waals surface area contributed by atoms with E-state index >= 15 is 0 Å². The van der Waals surface area contributed by atoms with Gasteiger partial charge in [0.15, 0.2) is 17.5 Å². The highest BCUT2D eigenvalue weighted by Crippen LogP contribution is 2.48. The van der Waals surface area contributed by atoms with Crippen molar-refractivity contribution in [1.82, 2.24) is 15.2 Å². The SMILES string of the molecule is Fc1cnc(N2CCN(c3n[nH]c4cccc(F)c34)C3(CC3)C2)c(F)c1. The van der Waals surface area contributed by atoms with E-state index in [1.165, 1.54) is 6.07 Å². The largest absolute Gasteiger partial charge is 0.350 e. The summed E-state index contributed by atoms with van der Waals surface area (Å²) in [6, 6.07) is 5.72. The van der Waals surface area contributed by atoms with Crippen LogP contribution in [0.2, 0.25) is 0 Å². The number of nitrogens with zero attached hydrogens (tertiary/aromatic N) is 4. The van der Waals surface area contributed by atoms with Gasteiger partial charge in [0.25, 0.3) is 0 Å². The van der Waals surface area contributed by atoms with Gasteiger partial charge in [0.2, 0.25) is 0 Å². The lowest BCUT2D eigenvalue weighted by molar-refractivity contribution is 0.490. The summed E-state index contributed by atoms with van der Waals surface area (Å²) in [4.78, 5) is 7.88. The van der Waals surface area contributed by atoms with Crippen LogP contribution in [0.1, 0.15) is 12.8 Å². The van der Waals surface area contributed by atoms with Gasteiger partial charge in [-0.15, -0.1) is 0 Å². The summed E-state index contributed by atoms with van der Waals surface area (Å²) < 4.78 is 41.6. The molecule has 26 heavy (non-hydrogen) atoms. The molecule has 0 unspecified atom stereocenters. The van der Waals surface area contributed by atoms with Gasteiger partial charge in [-0.3, -0.25) is 5.10 Å². The van der Waals surface area contributed by atoms with Crippen LogP contribution in [-0.2, 0) is 0 Å². The molecular weight excluding hydrogens is 343 g/mol. The number of nitrogens with one attached hydrogen (secondary N) is 1. The Bertz CT molecular complexity index is 998. The molecule has 1 saturated carbocycles. The maximum absolute atomic E-state index is 14.3. The fourth-order valence-electron chi connectivity index (χ4n) is 3.91. The molecule has 3 aromatic rings. The zero-order valence-electron chi connectivity index (χ0n) is 13.8. The topological polar surface area (TPSA) is 48.1 Å². The lowest BCUT2D eigenvalue weighted by Gasteiger charge is -2.43. The number of benzene rings is 1. The smallest absolute Gasteiger partial charge is 0.168 e. The van der Waals surface area contributed by atoms with E-state index in [4.69, 9.17) is 0 Å². The molecule has 0 atom stereocenters. The standard InChI is InChI=1S/C18H16F3N5/c19-11-8-13(21)16(22-9-11)25-6-7-26(18(10-25)4-5-18)17-15-12(20)2-1-3-14(15)23-24-17/h1-3,8-9H,4-7,10H2,(H,23,24). The number of fused-ring (bicyclic) bond motifs is 1. The van der Waals surface area contributed by atoms with Crippen LogP contribution in [0.3, 0.4) is 0 Å². The summed E-state index contributed by atoms with van der Waals surface area (Å²) in [6.45, 7) is 1.61. The average molecular weight is 359 g/mol. The molecule has 1 aromatic carbocycles. The first kappa shape index (κ1) is 15.5. The first-order valence-corrected chi connectivity index (χ1v) is 8.54. The number of aromatic nitrogens is 3. The van der Waals surface area contributed by atoms with Crippen molar-refractivity contribution in [3.8, 4) is 0 Å². The number of piperazine rings is 1. The van der Waals surface area contributed by atoms with Gasteiger partial charge < -0.3 is 9.80 Å². The molecule has 1 aliphatic heterocycles. The van der Waals surface area contributed by atoms with Gasteiger partial charge in [-0.05, 0) is 25.0 Å². The Morgan fingerprint density at radius 2 is 1.88 bits per heavy atom. The predicted octanol–water partition coefficient (Wildman–Crippen LogP) is 3.23. The van der Waals surface area contributed by atoms with Gasteiger partial charge in [-0.2, -0.15) is 5.10 Å². The lowest BCUT2D eigenvalue weighted by Crippen LogP contribution is -2.56. The molecule has 0 bridgehead atoms. The number of hydrogen-bond acceptors (Lipinski definition) is 4. The molecule has 3 heterocycles. The number of rotatable bonds is 2. The summed E-state index contributed by atoms with van der Waals surface area (Å²) >= 11 is 0. The van der Waals surface area contributed by atoms with Crippen LogP contribution >= 0.6 is 0 Å². The second-order valence-corrected chi connectivity index (χ2v) is 6.97. The zero-order chi connectivity index (χ0) is 17.9. The first-order valence-electron chi connectivity index (χ1n) is 8.54. The maximum atomic E-state index is 14.3. The predicted molar refractivity (Wildman–Crippen MR) is 91.7 cm³/mol. The number of pyridine rings is 1. The van der Waals surface area contributed by atoms with Crippen LogP contribution < -0.4 is 9.80 Å². The maximum Gasteiger partial charge on any atom is 0.168 e. The van der Waals surface area contributed by atoms with Crippen LogP contribution in [0.4, 0.5) is 24.8 Å². The van der Waals surface area contributed by atoms with Crippen LogP contribution in [0.15, 0.2) is 30.5 Å². The summed E-state index contributed by atoms with van der Waals surface area (Å²) in [7, 11) is 0. The Hall–Kier alpha value is -2.77. The molecule has 134 valence electrons. The molecule has 1 N–H and O–H groups in total. The first-order chi connectivity index (χ1) is 12.6. The molecule has 1 spiro atoms. The van der Waals surface area contributed by atoms with Crippen molar-refractivity contribution < 1.29 is 13.2 Å². The summed E-state index contributed by atoms with van der Waals surface area (Å²) in [5, 5.41) is 7.72. The van der Waals surface area contributed by atoms with E-state index in [1.54, 1.807) is 12.1 Å². The van der Waals surface area contributed by atoms with Crippen molar-refractivity contribution in [2.24, 2.45) is 0 Å². The number of halogens is 3. The van der Waals surface area contributed by atoms with Crippen molar-refractivity contribution in [3.05, 3.63) is 47.9 Å². The Morgan fingerprint density at radius 1 is 1.04 bits per heavy atom. The third kappa shape index (κ3) is 2.24. The molecule has 8 heteroatoms. The molecule has 1 saturated heterocycles. The lowest BCUT2D eigenvalue weighted by atomic mass is 10.1. The van der Waals surface area contributed by atoms with Crippen molar-refractivity contribution in [2.45, 2.75) is 18.4 Å². The van der Waals surface area contributed by atoms with E-state index < -0.39 is 11.6 Å². The van der Waals surface area contributed by atoms with Gasteiger partial charge in [-0.25, -0.2) is 18.2 Å². The van der Waals surface area contributed by atoms with E-state index in [-0.39, 0.29) is 17.2 Å². The van der Waals surface area contributed by atoms with Crippen LogP contribution in [0.25, 0.3) is 10.9 Å². The highest BCUT2D eigenvalue weighted by molar-refractivity contribution is 5.91. The number of hydrogen-bond donors (Lipinski definition) is 1. The fourth-order valence-corrected chi connectivity index (χ4v) is 3.91. The minimum Gasteiger partial charge on any atom is -0.350 e. The molecule has 2 aromatic heterocycles. The monoisotopic (exact) mass is 359 g/mol. The molecule has 1 aliphatic carbocycles. The van der Waals surface area contributed by atoms with E-state index in [1.807, 2.05) is 4.90 Å². The van der Waals surface area contributed by atoms with E-state index in [2.05, 4.69) is 20.1 Å². The van der Waals surface area contributed by atoms with Crippen molar-refractivity contribution in [2.75, 3.05) is 29.4 Å². The van der Waals surface area contributed by atoms with Crippen molar-refractivity contribution in [3.63, 3.8) is 0 Å². The molecule has 5 nitrogen and oxygen atoms in total. The number of anilines is 2. The van der Waals surface area contributed by atoms with E-state index in [9.17, 15) is 13.2 Å². The Balaban J connectivity index is 1.49. The second-order valence-electron chi connectivity index (χ2n) is 6.97. The molecule has 5 rings (SSSR count). The van der Waals surface area contributed by atoms with Gasteiger partial charge in [0, 0.05) is 25.7 Å². The van der Waals surface area contributed by atoms with Crippen molar-refractivity contribution in [1.29, 1.82) is 0 Å². The quantitative estimate of drug-likeness (QED) is 0.763. The van der Waals surface area contributed by atoms with E-state index in [0.717, 1.165) is 25.1 Å². The Kier molecular flexibility index (Phi) is 3.19. The van der Waals surface area contributed by atoms with Gasteiger partial charge in [-0.1, -0.05) is 6.07 Å². The summed E-state index contributed by atoms with van der Waals surface area (Å²) in [6.07, 6.45) is 2.85. The zero-order valence-corrected chi connectivity index (χ0v) is 13.8. The molecular formula is C18H16F3N5. The summed E-state index contributed by atoms with van der Waals surface area (Å²) in [5.41, 5.74) is 0.440. The number of H-pyrrole nitrogens is 1. The van der Waals surface area contributed by atoms with Gasteiger partial charge >= 0.3 is 0 Å². The van der Waals surface area contributed by atoms with Crippen LogP contribution in [-0.4, -0.2) is 40.4 Å². The normalized spacial score (nSPS) is 18.7. The minimum atomic E-state index is -0.690. The summed E-state index contributed by atoms with van der Waals surface area (Å²) in [5.74, 6) is -0.899. The van der Waals surface area contributed by atoms with Gasteiger partial charge in [0.1, 0.15) is 11.6 Å². The van der Waals surface area contributed by atoms with Crippen LogP contribution in [0.5, 0.6) is 0 Å². The highest BCUT2D eigenvalue weighted by Gasteiger charge is 2.53. The van der Waals surface area contributed by atoms with Crippen LogP contribution in [0, 0.1) is 17.5 Å². The number of aromatic amines is 1. The molecule has 2 fully saturated rings. The minimum absolute atomic E-state index is 0.162. The Morgan fingerprint density at radius 3 is 2.65 bits per heavy atom. The third-order valence-corrected chi connectivity index (χ3v) is 5.34. The molecule has 2 aliphatic rings. The van der Waals surface area contributed by atoms with Crippen molar-refractivity contribution >= 4 is 22.5 Å². The second kappa shape index (κ2) is 5.36. The third-order valence-electron chi connectivity index (χ3n) is 5.34. The average Bonchev–Trinajstić information content (AvgIpc) is 3.23.